The maximum absolute atomic E-state index is 13.4. The first-order valence-corrected chi connectivity index (χ1v) is 18.0. The summed E-state index contributed by atoms with van der Waals surface area (Å²) in [7, 11) is 0. The van der Waals surface area contributed by atoms with E-state index in [-0.39, 0.29) is 11.5 Å². The number of amides is 4. The van der Waals surface area contributed by atoms with Crippen LogP contribution in [0.25, 0.3) is 22.1 Å². The molecule has 0 unspecified atom stereocenters. The molecule has 4 aromatic heterocycles. The third-order valence-corrected chi connectivity index (χ3v) is 10.0. The van der Waals surface area contributed by atoms with Crippen LogP contribution >= 0.6 is 0 Å². The van der Waals surface area contributed by atoms with E-state index in [2.05, 4.69) is 25.6 Å². The van der Waals surface area contributed by atoms with Crippen molar-refractivity contribution in [1.29, 1.82) is 0 Å². The van der Waals surface area contributed by atoms with Gasteiger partial charge < -0.3 is 29.4 Å². The molecule has 6 aromatic rings. The van der Waals surface area contributed by atoms with Gasteiger partial charge in [-0.15, -0.1) is 0 Å². The fourth-order valence-electron chi connectivity index (χ4n) is 7.24. The van der Waals surface area contributed by atoms with Crippen LogP contribution < -0.4 is 22.1 Å². The Bertz CT molecular complexity index is 2470. The zero-order valence-electron chi connectivity index (χ0n) is 30.8. The number of oxazole rings is 2. The van der Waals surface area contributed by atoms with Crippen molar-refractivity contribution in [3.05, 3.63) is 81.7 Å². The van der Waals surface area contributed by atoms with E-state index in [4.69, 9.17) is 25.3 Å². The monoisotopic (exact) mass is 734 g/mol. The van der Waals surface area contributed by atoms with Gasteiger partial charge >= 0.3 is 0 Å². The van der Waals surface area contributed by atoms with E-state index in [1.54, 1.807) is 44.2 Å². The average Bonchev–Trinajstić information content (AvgIpc) is 3.41. The number of nitrogens with two attached hydrogens (primary N) is 2. The van der Waals surface area contributed by atoms with Gasteiger partial charge in [0.1, 0.15) is 0 Å². The molecule has 54 heavy (non-hydrogen) atoms. The smallest absolute Gasteiger partial charge is 0.295 e. The summed E-state index contributed by atoms with van der Waals surface area (Å²) in [6.45, 7) is 10.2. The number of anilines is 2. The second-order valence-corrected chi connectivity index (χ2v) is 13.7. The number of carbonyl (C=O) groups is 4. The van der Waals surface area contributed by atoms with Gasteiger partial charge in [0.05, 0.1) is 33.5 Å². The van der Waals surface area contributed by atoms with Crippen molar-refractivity contribution in [2.45, 2.75) is 79.8 Å². The summed E-state index contributed by atoms with van der Waals surface area (Å²) >= 11 is 0. The molecule has 6 N–H and O–H groups in total. The Hall–Kier alpha value is -6.32. The number of aryl methyl sites for hydroxylation is 7. The number of hydrogen-bond acceptors (Lipinski definition) is 10. The summed E-state index contributed by atoms with van der Waals surface area (Å²) < 4.78 is 15.2. The summed E-state index contributed by atoms with van der Waals surface area (Å²) in [6.07, 6.45) is 3.66. The van der Waals surface area contributed by atoms with Crippen LogP contribution in [0.2, 0.25) is 0 Å². The molecule has 1 fully saturated rings. The normalized spacial score (nSPS) is 15.2. The van der Waals surface area contributed by atoms with Crippen molar-refractivity contribution < 1.29 is 28.0 Å². The summed E-state index contributed by atoms with van der Waals surface area (Å²) in [6, 6.07) is 8.42. The standard InChI is InChI=1S/C38H42N10O6/c1-6-25-31(53-19(4)41-25)35(51)45-37-43-27-16-23(33(39)49)8-9-29(27)47(37)12-10-21-15-22(21)11-13-48-30-18(3)14-24(34(40)50)17-28(30)44-38(48)46-36(52)32-26(7-2)42-20(5)54-32/h8-9,14,16-17,21-22H,6-7,10-13,15H2,1-5H3,(H2,39,49)(H2,40,50)(H,43,45,51)(H,44,46,52)/t21-,22-/m0/s1. The van der Waals surface area contributed by atoms with E-state index in [0.717, 1.165) is 35.9 Å². The lowest BCUT2D eigenvalue weighted by Crippen LogP contribution is -2.17. The number of imidazole rings is 2. The number of nitrogens with zero attached hydrogens (tertiary/aromatic N) is 6. The van der Waals surface area contributed by atoms with Crippen LogP contribution in [0.4, 0.5) is 11.9 Å². The van der Waals surface area contributed by atoms with Gasteiger partial charge in [-0.1, -0.05) is 13.8 Å². The maximum atomic E-state index is 13.4. The van der Waals surface area contributed by atoms with Gasteiger partial charge in [0.2, 0.25) is 35.2 Å². The Morgan fingerprint density at radius 1 is 0.722 bits per heavy atom. The second kappa shape index (κ2) is 14.2. The largest absolute Gasteiger partial charge is 0.436 e. The quantitative estimate of drug-likeness (QED) is 0.114. The molecule has 7 rings (SSSR count). The van der Waals surface area contributed by atoms with Crippen molar-refractivity contribution >= 4 is 57.6 Å². The maximum Gasteiger partial charge on any atom is 0.295 e. The van der Waals surface area contributed by atoms with Crippen LogP contribution in [-0.2, 0) is 25.9 Å². The molecule has 16 nitrogen and oxygen atoms in total. The van der Waals surface area contributed by atoms with Crippen LogP contribution in [-0.4, -0.2) is 52.7 Å². The molecule has 2 atom stereocenters. The van der Waals surface area contributed by atoms with Crippen molar-refractivity contribution in [2.75, 3.05) is 10.6 Å². The number of carbonyl (C=O) groups excluding carboxylic acids is 4. The number of aromatic nitrogens is 6. The second-order valence-electron chi connectivity index (χ2n) is 13.7. The summed E-state index contributed by atoms with van der Waals surface area (Å²) in [5.41, 5.74) is 16.3. The molecule has 4 amide bonds. The van der Waals surface area contributed by atoms with Gasteiger partial charge in [-0.2, -0.15) is 0 Å². The molecule has 0 bridgehead atoms. The number of primary amides is 2. The summed E-state index contributed by atoms with van der Waals surface area (Å²) in [4.78, 5) is 68.8. The van der Waals surface area contributed by atoms with Crippen LogP contribution in [0, 0.1) is 32.6 Å². The van der Waals surface area contributed by atoms with E-state index in [1.165, 1.54) is 0 Å². The van der Waals surface area contributed by atoms with Crippen LogP contribution in [0.5, 0.6) is 0 Å². The highest BCUT2D eigenvalue weighted by Crippen LogP contribution is 2.45. The average molecular weight is 735 g/mol. The first-order chi connectivity index (χ1) is 25.8. The molecule has 1 saturated carbocycles. The molecule has 0 radical (unpaired) electrons. The SMILES string of the molecule is CCc1nc(C)oc1C(=O)Nc1nc2cc(C(N)=O)ccc2n1CC[C@H]1C[C@@H]1CCn1c(NC(=O)c2oc(C)nc2CC)nc2cc(C(N)=O)cc(C)c21. The first kappa shape index (κ1) is 36.1. The molecular formula is C38H42N10O6. The predicted molar refractivity (Wildman–Crippen MR) is 199 cm³/mol. The summed E-state index contributed by atoms with van der Waals surface area (Å²) in [5, 5.41) is 5.83. The topological polar surface area (TPSA) is 232 Å². The van der Waals surface area contributed by atoms with Crippen LogP contribution in [0.15, 0.2) is 39.2 Å². The van der Waals surface area contributed by atoms with Gasteiger partial charge in [0.25, 0.3) is 11.8 Å². The number of benzene rings is 2. The molecule has 0 saturated heterocycles. The fraction of sp³-hybridized carbons (Fsp3) is 0.368. The highest BCUT2D eigenvalue weighted by Gasteiger charge is 2.37. The van der Waals surface area contributed by atoms with Gasteiger partial charge in [-0.05, 0) is 86.8 Å². The van der Waals surface area contributed by atoms with Crippen LogP contribution in [0.3, 0.4) is 0 Å². The lowest BCUT2D eigenvalue weighted by molar-refractivity contribution is 0.0985. The van der Waals surface area contributed by atoms with E-state index in [0.29, 0.717) is 95.0 Å². The lowest BCUT2D eigenvalue weighted by Gasteiger charge is -2.12. The lowest BCUT2D eigenvalue weighted by atomic mass is 10.1. The minimum Gasteiger partial charge on any atom is -0.436 e. The molecule has 0 spiro atoms. The highest BCUT2D eigenvalue weighted by atomic mass is 16.4. The number of hydrogen-bond donors (Lipinski definition) is 4. The van der Waals surface area contributed by atoms with Crippen LogP contribution in [0.1, 0.15) is 104 Å². The van der Waals surface area contributed by atoms with Crippen molar-refractivity contribution in [3.8, 4) is 0 Å². The third-order valence-electron chi connectivity index (χ3n) is 10.0. The van der Waals surface area contributed by atoms with Crippen molar-refractivity contribution in [2.24, 2.45) is 23.3 Å². The minimum atomic E-state index is -0.571. The molecule has 1 aliphatic carbocycles. The summed E-state index contributed by atoms with van der Waals surface area (Å²) in [5.74, 6) is 0.468. The van der Waals surface area contributed by atoms with E-state index < -0.39 is 23.6 Å². The first-order valence-electron chi connectivity index (χ1n) is 18.0. The van der Waals surface area contributed by atoms with Crippen molar-refractivity contribution in [1.82, 2.24) is 29.1 Å². The Balaban J connectivity index is 1.10. The zero-order chi connectivity index (χ0) is 38.4. The molecule has 1 aliphatic rings. The minimum absolute atomic E-state index is 0.138. The number of fused-ring (bicyclic) bond motifs is 2. The number of rotatable bonds is 14. The third kappa shape index (κ3) is 6.93. The Morgan fingerprint density at radius 2 is 1.24 bits per heavy atom. The molecular weight excluding hydrogens is 692 g/mol. The molecule has 280 valence electrons. The van der Waals surface area contributed by atoms with E-state index >= 15 is 0 Å². The molecule has 0 aliphatic heterocycles. The van der Waals surface area contributed by atoms with E-state index in [1.807, 2.05) is 29.9 Å². The number of nitrogens with one attached hydrogen (secondary N) is 2. The zero-order valence-corrected chi connectivity index (χ0v) is 30.8. The molecule has 4 heterocycles. The van der Waals surface area contributed by atoms with Gasteiger partial charge in [0.15, 0.2) is 11.8 Å². The van der Waals surface area contributed by atoms with Crippen molar-refractivity contribution in [3.63, 3.8) is 0 Å². The fourth-order valence-corrected chi connectivity index (χ4v) is 7.24. The van der Waals surface area contributed by atoms with Gasteiger partial charge in [-0.3, -0.25) is 29.8 Å². The van der Waals surface area contributed by atoms with Gasteiger partial charge in [-0.25, -0.2) is 19.9 Å². The molecule has 2 aromatic carbocycles. The predicted octanol–water partition coefficient (Wildman–Crippen LogP) is 5.23. The van der Waals surface area contributed by atoms with Gasteiger partial charge in [0, 0.05) is 38.1 Å². The Morgan fingerprint density at radius 3 is 1.80 bits per heavy atom. The van der Waals surface area contributed by atoms with E-state index in [9.17, 15) is 19.2 Å². The highest BCUT2D eigenvalue weighted by molar-refractivity contribution is 6.04. The Kier molecular flexibility index (Phi) is 9.51. The molecule has 16 heteroatoms. The Labute approximate surface area is 309 Å².